The molecule has 0 radical (unpaired) electrons. The smallest absolute Gasteiger partial charge is 0.312 e. The van der Waals surface area contributed by atoms with Crippen molar-refractivity contribution in [3.8, 4) is 0 Å². The van der Waals surface area contributed by atoms with E-state index in [-0.39, 0.29) is 16.6 Å². The van der Waals surface area contributed by atoms with E-state index in [4.69, 9.17) is 10.8 Å². The van der Waals surface area contributed by atoms with Crippen molar-refractivity contribution in [1.82, 2.24) is 0 Å². The van der Waals surface area contributed by atoms with Gasteiger partial charge in [0.25, 0.3) is 0 Å². The van der Waals surface area contributed by atoms with Gasteiger partial charge in [0, 0.05) is 12.1 Å². The van der Waals surface area contributed by atoms with E-state index in [1.54, 1.807) is 0 Å². The Labute approximate surface area is 93.0 Å². The molecule has 1 aromatic rings. The summed E-state index contributed by atoms with van der Waals surface area (Å²) in [6.07, 6.45) is 0. The van der Waals surface area contributed by atoms with E-state index >= 15 is 0 Å². The van der Waals surface area contributed by atoms with Gasteiger partial charge in [0.2, 0.25) is 0 Å². The number of carboxylic acids is 1. The fourth-order valence-corrected chi connectivity index (χ4v) is 1.48. The summed E-state index contributed by atoms with van der Waals surface area (Å²) in [5.74, 6) is -4.79. The summed E-state index contributed by atoms with van der Waals surface area (Å²) in [5, 5.41) is 8.73. The summed E-state index contributed by atoms with van der Waals surface area (Å²) in [7, 11) is 0. The Morgan fingerprint density at radius 1 is 1.47 bits per heavy atom. The lowest BCUT2D eigenvalue weighted by Gasteiger charge is -2.11. The number of aliphatic carboxylic acids is 1. The number of halogens is 3. The van der Waals surface area contributed by atoms with Crippen LogP contribution in [-0.4, -0.2) is 17.6 Å². The molecular formula is C9H8BrF2NO2. The van der Waals surface area contributed by atoms with Gasteiger partial charge in [-0.05, 0) is 22.0 Å². The summed E-state index contributed by atoms with van der Waals surface area (Å²) >= 11 is 2.79. The molecule has 0 bridgehead atoms. The Hall–Kier alpha value is -1.01. The molecule has 0 spiro atoms. The van der Waals surface area contributed by atoms with E-state index in [1.165, 1.54) is 12.1 Å². The molecule has 0 aromatic heterocycles. The normalized spacial score (nSPS) is 12.5. The van der Waals surface area contributed by atoms with Crippen LogP contribution in [0.1, 0.15) is 11.5 Å². The second-order valence-corrected chi connectivity index (χ2v) is 3.75. The van der Waals surface area contributed by atoms with Crippen molar-refractivity contribution >= 4 is 21.9 Å². The van der Waals surface area contributed by atoms with Gasteiger partial charge in [0.1, 0.15) is 0 Å². The lowest BCUT2D eigenvalue weighted by atomic mass is 9.99. The molecule has 0 fully saturated rings. The second-order valence-electron chi connectivity index (χ2n) is 2.89. The number of carboxylic acid groups (broad SMARTS) is 1. The fourth-order valence-electron chi connectivity index (χ4n) is 1.17. The van der Waals surface area contributed by atoms with Crippen LogP contribution in [0.15, 0.2) is 16.6 Å². The number of carbonyl (C=O) groups is 1. The topological polar surface area (TPSA) is 63.3 Å². The van der Waals surface area contributed by atoms with Gasteiger partial charge in [-0.1, -0.05) is 6.07 Å². The third-order valence-corrected chi connectivity index (χ3v) is 2.59. The van der Waals surface area contributed by atoms with E-state index in [1.807, 2.05) is 0 Å². The number of nitrogens with two attached hydrogens (primary N) is 1. The standard InChI is InChI=1S/C9H8BrF2NO2/c10-6-2-1-4(7(11)8(6)12)5(3-13)9(14)15/h1-2,5H,3,13H2,(H,14,15). The summed E-state index contributed by atoms with van der Waals surface area (Å²) in [6.45, 7) is -0.284. The van der Waals surface area contributed by atoms with Crippen molar-refractivity contribution in [2.45, 2.75) is 5.92 Å². The maximum absolute atomic E-state index is 13.3. The first-order valence-electron chi connectivity index (χ1n) is 4.05. The molecule has 15 heavy (non-hydrogen) atoms. The Bertz CT molecular complexity index is 398. The third-order valence-electron chi connectivity index (χ3n) is 1.97. The minimum atomic E-state index is -1.28. The van der Waals surface area contributed by atoms with Crippen LogP contribution in [0.3, 0.4) is 0 Å². The Balaban J connectivity index is 3.25. The van der Waals surface area contributed by atoms with Crippen molar-refractivity contribution in [2.24, 2.45) is 5.73 Å². The first-order valence-corrected chi connectivity index (χ1v) is 4.84. The highest BCUT2D eigenvalue weighted by molar-refractivity contribution is 9.10. The minimum Gasteiger partial charge on any atom is -0.481 e. The molecule has 0 aliphatic rings. The molecular weight excluding hydrogens is 272 g/mol. The molecule has 1 unspecified atom stereocenters. The first-order chi connectivity index (χ1) is 6.99. The van der Waals surface area contributed by atoms with Crippen molar-refractivity contribution in [3.05, 3.63) is 33.8 Å². The van der Waals surface area contributed by atoms with Crippen molar-refractivity contribution < 1.29 is 18.7 Å². The Morgan fingerprint density at radius 3 is 2.53 bits per heavy atom. The van der Waals surface area contributed by atoms with Gasteiger partial charge >= 0.3 is 5.97 Å². The molecule has 3 N–H and O–H groups in total. The van der Waals surface area contributed by atoms with E-state index in [0.717, 1.165) is 0 Å². The molecule has 0 aliphatic carbocycles. The fraction of sp³-hybridized carbons (Fsp3) is 0.222. The van der Waals surface area contributed by atoms with Gasteiger partial charge in [-0.25, -0.2) is 8.78 Å². The lowest BCUT2D eigenvalue weighted by molar-refractivity contribution is -0.138. The summed E-state index contributed by atoms with van der Waals surface area (Å²) in [6, 6.07) is 2.45. The third kappa shape index (κ3) is 2.32. The molecule has 1 atom stereocenters. The molecule has 0 saturated carbocycles. The highest BCUT2D eigenvalue weighted by atomic mass is 79.9. The van der Waals surface area contributed by atoms with E-state index < -0.39 is 23.5 Å². The quantitative estimate of drug-likeness (QED) is 0.830. The molecule has 0 saturated heterocycles. The number of hydrogen-bond donors (Lipinski definition) is 2. The molecule has 1 aromatic carbocycles. The molecule has 82 valence electrons. The van der Waals surface area contributed by atoms with Crippen LogP contribution in [0.5, 0.6) is 0 Å². The highest BCUT2D eigenvalue weighted by Crippen LogP contribution is 2.25. The molecule has 3 nitrogen and oxygen atoms in total. The second kappa shape index (κ2) is 4.67. The highest BCUT2D eigenvalue weighted by Gasteiger charge is 2.24. The van der Waals surface area contributed by atoms with E-state index in [2.05, 4.69) is 15.9 Å². The maximum Gasteiger partial charge on any atom is 0.312 e. The predicted molar refractivity (Wildman–Crippen MR) is 53.5 cm³/mol. The summed E-state index contributed by atoms with van der Waals surface area (Å²) < 4.78 is 26.4. The van der Waals surface area contributed by atoms with E-state index in [9.17, 15) is 13.6 Å². The molecule has 1 rings (SSSR count). The van der Waals surface area contributed by atoms with Crippen LogP contribution < -0.4 is 5.73 Å². The zero-order valence-corrected chi connectivity index (χ0v) is 9.09. The average Bonchev–Trinajstić information content (AvgIpc) is 2.18. The lowest BCUT2D eigenvalue weighted by Crippen LogP contribution is -2.22. The maximum atomic E-state index is 13.3. The zero-order valence-electron chi connectivity index (χ0n) is 7.51. The van der Waals surface area contributed by atoms with Crippen LogP contribution in [0.2, 0.25) is 0 Å². The van der Waals surface area contributed by atoms with Crippen LogP contribution in [0.4, 0.5) is 8.78 Å². The molecule has 0 amide bonds. The van der Waals surface area contributed by atoms with Crippen molar-refractivity contribution in [1.29, 1.82) is 0 Å². The van der Waals surface area contributed by atoms with Gasteiger partial charge in [0.15, 0.2) is 11.6 Å². The average molecular weight is 280 g/mol. The van der Waals surface area contributed by atoms with Crippen molar-refractivity contribution in [3.63, 3.8) is 0 Å². The van der Waals surface area contributed by atoms with Crippen LogP contribution in [0.25, 0.3) is 0 Å². The Morgan fingerprint density at radius 2 is 2.07 bits per heavy atom. The molecule has 0 heterocycles. The number of rotatable bonds is 3. The predicted octanol–water partition coefficient (Wildman–Crippen LogP) is 1.85. The zero-order chi connectivity index (χ0) is 11.6. The van der Waals surface area contributed by atoms with Gasteiger partial charge in [0.05, 0.1) is 10.4 Å². The van der Waals surface area contributed by atoms with Gasteiger partial charge in [-0.2, -0.15) is 0 Å². The molecule has 0 aliphatic heterocycles. The number of hydrogen-bond acceptors (Lipinski definition) is 2. The van der Waals surface area contributed by atoms with E-state index in [0.29, 0.717) is 0 Å². The van der Waals surface area contributed by atoms with Gasteiger partial charge < -0.3 is 10.8 Å². The Kier molecular flexibility index (Phi) is 3.76. The van der Waals surface area contributed by atoms with Crippen LogP contribution in [-0.2, 0) is 4.79 Å². The largest absolute Gasteiger partial charge is 0.481 e. The van der Waals surface area contributed by atoms with Crippen molar-refractivity contribution in [2.75, 3.05) is 6.54 Å². The number of benzene rings is 1. The first kappa shape index (κ1) is 12.1. The molecule has 6 heteroatoms. The summed E-state index contributed by atoms with van der Waals surface area (Å²) in [5.41, 5.74) is 4.94. The SMILES string of the molecule is NCC(C(=O)O)c1ccc(Br)c(F)c1F. The minimum absolute atomic E-state index is 0.0510. The van der Waals surface area contributed by atoms with Crippen LogP contribution >= 0.6 is 15.9 Å². The van der Waals surface area contributed by atoms with Gasteiger partial charge in [-0.3, -0.25) is 4.79 Å². The van der Waals surface area contributed by atoms with Crippen LogP contribution in [0, 0.1) is 11.6 Å². The monoisotopic (exact) mass is 279 g/mol. The van der Waals surface area contributed by atoms with Gasteiger partial charge in [-0.15, -0.1) is 0 Å². The summed E-state index contributed by atoms with van der Waals surface area (Å²) in [4.78, 5) is 10.7.